The molecule has 1 amide bonds. The lowest BCUT2D eigenvalue weighted by Crippen LogP contribution is -2.14. The van der Waals surface area contributed by atoms with Crippen molar-refractivity contribution in [3.63, 3.8) is 0 Å². The monoisotopic (exact) mass is 474 g/mol. The van der Waals surface area contributed by atoms with Gasteiger partial charge in [0.1, 0.15) is 5.82 Å². The van der Waals surface area contributed by atoms with Crippen LogP contribution >= 0.6 is 34.8 Å². The molecule has 0 saturated heterocycles. The van der Waals surface area contributed by atoms with Crippen molar-refractivity contribution in [1.82, 2.24) is 14.8 Å². The van der Waals surface area contributed by atoms with Gasteiger partial charge in [-0.05, 0) is 67.1 Å². The van der Waals surface area contributed by atoms with Gasteiger partial charge in [0.05, 0.1) is 15.7 Å². The number of benzene rings is 3. The Morgan fingerprint density at radius 1 is 0.968 bits per heavy atom. The number of nitrogens with zero attached hydrogens (tertiary/aromatic N) is 3. The summed E-state index contributed by atoms with van der Waals surface area (Å²) in [6, 6.07) is 15.8. The first-order valence-electron chi connectivity index (χ1n) is 9.08. The molecule has 4 rings (SSSR count). The molecule has 9 heteroatoms. The van der Waals surface area contributed by atoms with E-state index in [0.29, 0.717) is 37.8 Å². The van der Waals surface area contributed by atoms with Crippen LogP contribution in [0.5, 0.6) is 0 Å². The lowest BCUT2D eigenvalue weighted by atomic mass is 10.1. The molecule has 0 unspecified atom stereocenters. The van der Waals surface area contributed by atoms with Crippen molar-refractivity contribution in [3.8, 4) is 17.1 Å². The van der Waals surface area contributed by atoms with Crippen LogP contribution < -0.4 is 5.32 Å². The first kappa shape index (κ1) is 21.3. The molecule has 4 aromatic rings. The van der Waals surface area contributed by atoms with Crippen LogP contribution in [0.4, 0.5) is 10.1 Å². The maximum absolute atomic E-state index is 13.4. The van der Waals surface area contributed by atoms with Gasteiger partial charge in [0.25, 0.3) is 5.91 Å². The Morgan fingerprint density at radius 2 is 1.71 bits per heavy atom. The highest BCUT2D eigenvalue weighted by atomic mass is 35.5. The molecule has 0 fully saturated rings. The van der Waals surface area contributed by atoms with E-state index < -0.39 is 5.91 Å². The fourth-order valence-corrected chi connectivity index (χ4v) is 3.42. The number of anilines is 1. The number of amides is 1. The standard InChI is InChI=1S/C22H14Cl3FN4O/c1-12-16(23)3-2-4-19(12)30-21(13-5-7-14(26)8-6-13)28-20(29-30)22(31)27-15-9-10-17(24)18(25)11-15/h2-11H,1H3,(H,27,31). The van der Waals surface area contributed by atoms with Crippen LogP contribution in [0.1, 0.15) is 16.2 Å². The van der Waals surface area contributed by atoms with Crippen LogP contribution in [0.2, 0.25) is 15.1 Å². The van der Waals surface area contributed by atoms with Crippen LogP contribution in [0.3, 0.4) is 0 Å². The largest absolute Gasteiger partial charge is 0.319 e. The summed E-state index contributed by atoms with van der Waals surface area (Å²) < 4.78 is 14.9. The zero-order valence-electron chi connectivity index (χ0n) is 16.0. The third-order valence-electron chi connectivity index (χ3n) is 4.56. The minimum absolute atomic E-state index is 0.0789. The third-order valence-corrected chi connectivity index (χ3v) is 5.71. The van der Waals surface area contributed by atoms with Crippen LogP contribution in [0, 0.1) is 12.7 Å². The van der Waals surface area contributed by atoms with Gasteiger partial charge in [-0.15, -0.1) is 5.10 Å². The van der Waals surface area contributed by atoms with Crippen LogP contribution in [0.15, 0.2) is 60.7 Å². The Hall–Kier alpha value is -2.93. The molecular weight excluding hydrogens is 462 g/mol. The molecule has 0 atom stereocenters. The molecule has 1 heterocycles. The van der Waals surface area contributed by atoms with Gasteiger partial charge in [0, 0.05) is 16.3 Å². The minimum atomic E-state index is -0.541. The first-order valence-corrected chi connectivity index (χ1v) is 10.2. The minimum Gasteiger partial charge on any atom is -0.319 e. The molecule has 156 valence electrons. The van der Waals surface area contributed by atoms with Gasteiger partial charge in [-0.3, -0.25) is 4.79 Å². The maximum atomic E-state index is 13.4. The second-order valence-corrected chi connectivity index (χ2v) is 7.87. The SMILES string of the molecule is Cc1c(Cl)cccc1-n1nc(C(=O)Nc2ccc(Cl)c(Cl)c2)nc1-c1ccc(F)cc1. The Kier molecular flexibility index (Phi) is 5.96. The van der Waals surface area contributed by atoms with E-state index in [1.807, 2.05) is 13.0 Å². The molecule has 1 N–H and O–H groups in total. The number of nitrogens with one attached hydrogen (secondary N) is 1. The summed E-state index contributed by atoms with van der Waals surface area (Å²) >= 11 is 18.2. The Labute approximate surface area is 192 Å². The number of hydrogen-bond acceptors (Lipinski definition) is 3. The second-order valence-electron chi connectivity index (χ2n) is 6.64. The number of halogens is 4. The highest BCUT2D eigenvalue weighted by Gasteiger charge is 2.20. The number of carbonyl (C=O) groups is 1. The molecule has 1 aromatic heterocycles. The molecule has 0 aliphatic rings. The van der Waals surface area contributed by atoms with Crippen LogP contribution in [0.25, 0.3) is 17.1 Å². The molecule has 0 aliphatic carbocycles. The molecular formula is C22H14Cl3FN4O. The van der Waals surface area contributed by atoms with Gasteiger partial charge in [-0.1, -0.05) is 40.9 Å². The fourth-order valence-electron chi connectivity index (χ4n) is 2.95. The molecule has 31 heavy (non-hydrogen) atoms. The van der Waals surface area contributed by atoms with Crippen molar-refractivity contribution in [2.24, 2.45) is 0 Å². The van der Waals surface area contributed by atoms with E-state index >= 15 is 0 Å². The van der Waals surface area contributed by atoms with Crippen LogP contribution in [-0.4, -0.2) is 20.7 Å². The van der Waals surface area contributed by atoms with E-state index in [0.717, 1.165) is 5.56 Å². The van der Waals surface area contributed by atoms with E-state index in [-0.39, 0.29) is 11.6 Å². The van der Waals surface area contributed by atoms with E-state index in [1.165, 1.54) is 22.9 Å². The van der Waals surface area contributed by atoms with Gasteiger partial charge in [0.15, 0.2) is 5.82 Å². The van der Waals surface area contributed by atoms with Crippen molar-refractivity contribution in [2.45, 2.75) is 6.92 Å². The number of rotatable bonds is 4. The van der Waals surface area contributed by atoms with Crippen molar-refractivity contribution in [3.05, 3.63) is 92.9 Å². The normalized spacial score (nSPS) is 10.9. The molecule has 0 radical (unpaired) electrons. The third kappa shape index (κ3) is 4.42. The zero-order chi connectivity index (χ0) is 22.1. The predicted molar refractivity (Wildman–Crippen MR) is 121 cm³/mol. The van der Waals surface area contributed by atoms with Crippen molar-refractivity contribution in [2.75, 3.05) is 5.32 Å². The number of aromatic nitrogens is 3. The molecule has 0 bridgehead atoms. The van der Waals surface area contributed by atoms with E-state index in [2.05, 4.69) is 15.4 Å². The summed E-state index contributed by atoms with van der Waals surface area (Å²) in [7, 11) is 0. The molecule has 5 nitrogen and oxygen atoms in total. The highest BCUT2D eigenvalue weighted by molar-refractivity contribution is 6.42. The first-order chi connectivity index (χ1) is 14.8. The maximum Gasteiger partial charge on any atom is 0.295 e. The van der Waals surface area contributed by atoms with Gasteiger partial charge in [0.2, 0.25) is 5.82 Å². The van der Waals surface area contributed by atoms with Crippen molar-refractivity contribution >= 4 is 46.4 Å². The van der Waals surface area contributed by atoms with Gasteiger partial charge in [-0.25, -0.2) is 14.1 Å². The quantitative estimate of drug-likeness (QED) is 0.362. The summed E-state index contributed by atoms with van der Waals surface area (Å²) in [5, 5.41) is 8.32. The van der Waals surface area contributed by atoms with E-state index in [1.54, 1.807) is 36.4 Å². The molecule has 0 saturated carbocycles. The molecule has 0 spiro atoms. The average molecular weight is 476 g/mol. The Morgan fingerprint density at radius 3 is 2.42 bits per heavy atom. The smallest absolute Gasteiger partial charge is 0.295 e. The van der Waals surface area contributed by atoms with Gasteiger partial charge in [-0.2, -0.15) is 0 Å². The summed E-state index contributed by atoms with van der Waals surface area (Å²) in [5.74, 6) is -0.638. The van der Waals surface area contributed by atoms with Gasteiger partial charge >= 0.3 is 0 Å². The molecule has 0 aliphatic heterocycles. The summed E-state index contributed by atoms with van der Waals surface area (Å²) in [5.41, 5.74) is 2.43. The van der Waals surface area contributed by atoms with Crippen LogP contribution in [-0.2, 0) is 0 Å². The fraction of sp³-hybridized carbons (Fsp3) is 0.0455. The van der Waals surface area contributed by atoms with E-state index in [4.69, 9.17) is 34.8 Å². The zero-order valence-corrected chi connectivity index (χ0v) is 18.3. The average Bonchev–Trinajstić information content (AvgIpc) is 3.18. The Bertz CT molecular complexity index is 1290. The second kappa shape index (κ2) is 8.67. The molecule has 3 aromatic carbocycles. The van der Waals surface area contributed by atoms with E-state index in [9.17, 15) is 9.18 Å². The lowest BCUT2D eigenvalue weighted by molar-refractivity contribution is 0.101. The van der Waals surface area contributed by atoms with Gasteiger partial charge < -0.3 is 5.32 Å². The summed E-state index contributed by atoms with van der Waals surface area (Å²) in [4.78, 5) is 17.2. The highest BCUT2D eigenvalue weighted by Crippen LogP contribution is 2.28. The predicted octanol–water partition coefficient (Wildman–Crippen LogP) is 6.59. The summed E-state index contributed by atoms with van der Waals surface area (Å²) in [6.45, 7) is 1.84. The number of carbonyl (C=O) groups excluding carboxylic acids is 1. The van der Waals surface area contributed by atoms with Crippen molar-refractivity contribution < 1.29 is 9.18 Å². The van der Waals surface area contributed by atoms with Crippen molar-refractivity contribution in [1.29, 1.82) is 0 Å². The lowest BCUT2D eigenvalue weighted by Gasteiger charge is -2.10. The Balaban J connectivity index is 1.79. The number of hydrogen-bond donors (Lipinski definition) is 1. The topological polar surface area (TPSA) is 59.8 Å². The summed E-state index contributed by atoms with van der Waals surface area (Å²) in [6.07, 6.45) is 0.